The van der Waals surface area contributed by atoms with Crippen molar-refractivity contribution in [1.29, 1.82) is 0 Å². The molecule has 0 unspecified atom stereocenters. The first-order valence-electron chi connectivity index (χ1n) is 11.8. The quantitative estimate of drug-likeness (QED) is 0.0838. The normalized spacial score (nSPS) is 10.3. The third-order valence-electron chi connectivity index (χ3n) is 5.36. The minimum atomic E-state index is -0.949. The van der Waals surface area contributed by atoms with Gasteiger partial charge in [-0.3, -0.25) is 14.6 Å². The molecule has 0 spiro atoms. The maximum Gasteiger partial charge on any atom is 0.514 e. The summed E-state index contributed by atoms with van der Waals surface area (Å²) in [6.45, 7) is 1.82. The first-order chi connectivity index (χ1) is 18.4. The first-order valence-corrected chi connectivity index (χ1v) is 11.8. The van der Waals surface area contributed by atoms with Gasteiger partial charge in [-0.15, -0.1) is 0 Å². The highest BCUT2D eigenvalue weighted by atomic mass is 16.7. The predicted octanol–water partition coefficient (Wildman–Crippen LogP) is 5.44. The smallest absolute Gasteiger partial charge is 0.429 e. The van der Waals surface area contributed by atoms with Gasteiger partial charge in [0.05, 0.1) is 11.3 Å². The standard InChI is InChI=1S/C27H27N5O6/c1-18-8-11-21(12-9-18)38-27(35)37-16-19-10-13-23(31-32-28)25(22-7-3-4-14-29-22)24(19)26(34)30-15-5-6-20(33)17-36-2/h3-4,7-14H,5-6,15-17H2,1-2H3,(H,30,34). The molecule has 1 heterocycles. The van der Waals surface area contributed by atoms with Crippen LogP contribution in [-0.4, -0.2) is 43.1 Å². The lowest BCUT2D eigenvalue weighted by Crippen LogP contribution is -2.27. The van der Waals surface area contributed by atoms with Crippen LogP contribution in [0, 0.1) is 6.92 Å². The summed E-state index contributed by atoms with van der Waals surface area (Å²) >= 11 is 0. The van der Waals surface area contributed by atoms with Crippen LogP contribution < -0.4 is 10.1 Å². The van der Waals surface area contributed by atoms with Crippen molar-refractivity contribution in [3.63, 3.8) is 0 Å². The average Bonchev–Trinajstić information content (AvgIpc) is 2.92. The summed E-state index contributed by atoms with van der Waals surface area (Å²) in [4.78, 5) is 44.6. The molecule has 1 amide bonds. The van der Waals surface area contributed by atoms with E-state index in [0.717, 1.165) is 5.56 Å². The number of aromatic nitrogens is 1. The Morgan fingerprint density at radius 2 is 1.87 bits per heavy atom. The number of ether oxygens (including phenoxy) is 3. The summed E-state index contributed by atoms with van der Waals surface area (Å²) < 4.78 is 15.3. The predicted molar refractivity (Wildman–Crippen MR) is 139 cm³/mol. The molecule has 1 N–H and O–H groups in total. The molecular formula is C27H27N5O6. The summed E-state index contributed by atoms with van der Waals surface area (Å²) in [6.07, 6.45) is 1.23. The summed E-state index contributed by atoms with van der Waals surface area (Å²) in [5, 5.41) is 6.52. The molecule has 0 radical (unpaired) electrons. The van der Waals surface area contributed by atoms with E-state index < -0.39 is 12.1 Å². The van der Waals surface area contributed by atoms with Crippen molar-refractivity contribution in [2.24, 2.45) is 5.11 Å². The van der Waals surface area contributed by atoms with Crippen molar-refractivity contribution >= 4 is 23.5 Å². The average molecular weight is 518 g/mol. The zero-order valence-corrected chi connectivity index (χ0v) is 21.0. The van der Waals surface area contributed by atoms with Crippen molar-refractivity contribution < 1.29 is 28.6 Å². The third kappa shape index (κ3) is 7.89. The number of hydrogen-bond acceptors (Lipinski definition) is 8. The highest BCUT2D eigenvalue weighted by Gasteiger charge is 2.22. The molecule has 3 rings (SSSR count). The molecular weight excluding hydrogens is 490 g/mol. The molecule has 0 saturated heterocycles. The van der Waals surface area contributed by atoms with Crippen molar-refractivity contribution in [3.05, 3.63) is 87.9 Å². The van der Waals surface area contributed by atoms with E-state index in [2.05, 4.69) is 20.3 Å². The second-order valence-corrected chi connectivity index (χ2v) is 8.18. The van der Waals surface area contributed by atoms with Gasteiger partial charge in [0.2, 0.25) is 0 Å². The maximum absolute atomic E-state index is 13.4. The second-order valence-electron chi connectivity index (χ2n) is 8.18. The number of rotatable bonds is 12. The maximum atomic E-state index is 13.4. The number of hydrogen-bond donors (Lipinski definition) is 1. The van der Waals surface area contributed by atoms with E-state index in [1.165, 1.54) is 19.2 Å². The van der Waals surface area contributed by atoms with Gasteiger partial charge in [0.25, 0.3) is 5.91 Å². The lowest BCUT2D eigenvalue weighted by Gasteiger charge is -2.17. The molecule has 0 aliphatic heterocycles. The van der Waals surface area contributed by atoms with Gasteiger partial charge in [-0.05, 0) is 43.1 Å². The summed E-state index contributed by atoms with van der Waals surface area (Å²) in [7, 11) is 1.44. The Balaban J connectivity index is 1.88. The van der Waals surface area contributed by atoms with Crippen LogP contribution in [0.5, 0.6) is 5.75 Å². The van der Waals surface area contributed by atoms with Crippen LogP contribution in [0.25, 0.3) is 21.7 Å². The molecule has 0 aliphatic rings. The van der Waals surface area contributed by atoms with Crippen molar-refractivity contribution in [2.75, 3.05) is 20.3 Å². The van der Waals surface area contributed by atoms with Gasteiger partial charge in [-0.2, -0.15) is 0 Å². The number of amides is 1. The molecule has 196 valence electrons. The zero-order valence-electron chi connectivity index (χ0n) is 21.0. The molecule has 1 aromatic heterocycles. The largest absolute Gasteiger partial charge is 0.514 e. The minimum absolute atomic E-state index is 0.00611. The van der Waals surface area contributed by atoms with Gasteiger partial charge in [0.15, 0.2) is 5.78 Å². The van der Waals surface area contributed by atoms with E-state index in [4.69, 9.17) is 19.7 Å². The molecule has 11 heteroatoms. The van der Waals surface area contributed by atoms with E-state index >= 15 is 0 Å². The Kier molecular flexibility index (Phi) is 10.3. The number of Topliss-reactive ketones (excluding diaryl/α,β-unsaturated/α-hetero) is 1. The molecule has 0 aliphatic carbocycles. The number of ketones is 1. The number of azide groups is 1. The fourth-order valence-electron chi connectivity index (χ4n) is 3.59. The van der Waals surface area contributed by atoms with Gasteiger partial charge in [0.1, 0.15) is 19.0 Å². The molecule has 11 nitrogen and oxygen atoms in total. The zero-order chi connectivity index (χ0) is 27.3. The molecule has 0 saturated carbocycles. The van der Waals surface area contributed by atoms with Crippen molar-refractivity contribution in [3.8, 4) is 17.0 Å². The van der Waals surface area contributed by atoms with Gasteiger partial charge in [0, 0.05) is 48.0 Å². The third-order valence-corrected chi connectivity index (χ3v) is 5.36. The Hall–Kier alpha value is -4.73. The number of pyridine rings is 1. The second kappa shape index (κ2) is 14.1. The van der Waals surface area contributed by atoms with Gasteiger partial charge in [-0.25, -0.2) is 4.79 Å². The van der Waals surface area contributed by atoms with Crippen LogP contribution in [0.3, 0.4) is 0 Å². The topological polar surface area (TPSA) is 153 Å². The van der Waals surface area contributed by atoms with E-state index in [0.29, 0.717) is 23.4 Å². The number of carbonyl (C=O) groups excluding carboxylic acids is 3. The lowest BCUT2D eigenvalue weighted by molar-refractivity contribution is -0.122. The Labute approximate surface area is 219 Å². The Morgan fingerprint density at radius 1 is 1.08 bits per heavy atom. The summed E-state index contributed by atoms with van der Waals surface area (Å²) in [5.74, 6) is -0.276. The van der Waals surface area contributed by atoms with Crippen molar-refractivity contribution in [1.82, 2.24) is 10.3 Å². The molecule has 0 fully saturated rings. The van der Waals surface area contributed by atoms with Gasteiger partial charge in [-0.1, -0.05) is 41.0 Å². The van der Waals surface area contributed by atoms with E-state index in [9.17, 15) is 14.4 Å². The van der Waals surface area contributed by atoms with E-state index in [1.54, 1.807) is 48.7 Å². The number of carbonyl (C=O) groups is 3. The monoisotopic (exact) mass is 517 g/mol. The number of nitrogens with one attached hydrogen (secondary N) is 1. The molecule has 0 atom stereocenters. The lowest BCUT2D eigenvalue weighted by atomic mass is 9.95. The fourth-order valence-corrected chi connectivity index (χ4v) is 3.59. The SMILES string of the molecule is COCC(=O)CCCNC(=O)c1c(COC(=O)Oc2ccc(C)cc2)ccc(N=[N+]=[N-])c1-c1ccccn1. The number of methoxy groups -OCH3 is 1. The van der Waals surface area contributed by atoms with Gasteiger partial charge < -0.3 is 19.5 Å². The number of aryl methyl sites for hydroxylation is 1. The van der Waals surface area contributed by atoms with Gasteiger partial charge >= 0.3 is 6.16 Å². The van der Waals surface area contributed by atoms with Crippen LogP contribution in [-0.2, 0) is 20.9 Å². The summed E-state index contributed by atoms with van der Waals surface area (Å²) in [6, 6.07) is 15.0. The van der Waals surface area contributed by atoms with Crippen molar-refractivity contribution in [2.45, 2.75) is 26.4 Å². The molecule has 0 bridgehead atoms. The highest BCUT2D eigenvalue weighted by Crippen LogP contribution is 2.35. The molecule has 38 heavy (non-hydrogen) atoms. The van der Waals surface area contributed by atoms with E-state index in [1.807, 2.05) is 6.92 Å². The molecule has 2 aromatic carbocycles. The van der Waals surface area contributed by atoms with Crippen LogP contribution in [0.4, 0.5) is 10.5 Å². The van der Waals surface area contributed by atoms with Crippen LogP contribution in [0.2, 0.25) is 0 Å². The minimum Gasteiger partial charge on any atom is -0.429 e. The van der Waals surface area contributed by atoms with E-state index in [-0.39, 0.29) is 48.8 Å². The van der Waals surface area contributed by atoms with Crippen LogP contribution in [0.15, 0.2) is 65.9 Å². The fraction of sp³-hybridized carbons (Fsp3) is 0.259. The Bertz CT molecular complexity index is 1320. The first kappa shape index (κ1) is 27.9. The molecule has 3 aromatic rings. The number of nitrogens with zero attached hydrogens (tertiary/aromatic N) is 4. The summed E-state index contributed by atoms with van der Waals surface area (Å²) in [5.41, 5.74) is 11.4. The highest BCUT2D eigenvalue weighted by molar-refractivity contribution is 6.04. The number of benzene rings is 2. The van der Waals surface area contributed by atoms with Crippen LogP contribution >= 0.6 is 0 Å². The Morgan fingerprint density at radius 3 is 2.55 bits per heavy atom. The van der Waals surface area contributed by atoms with Crippen LogP contribution in [0.1, 0.15) is 34.3 Å².